The molecule has 0 amide bonds. The van der Waals surface area contributed by atoms with Crippen LogP contribution < -0.4 is 4.74 Å². The Morgan fingerprint density at radius 3 is 2.29 bits per heavy atom. The zero-order chi connectivity index (χ0) is 22.4. The van der Waals surface area contributed by atoms with Crippen LogP contribution in [-0.4, -0.2) is 39.2 Å². The first-order valence-corrected chi connectivity index (χ1v) is 10.9. The Balaban J connectivity index is 2.08. The zero-order valence-corrected chi connectivity index (χ0v) is 19.1. The Morgan fingerprint density at radius 1 is 1.03 bits per heavy atom. The fourth-order valence-corrected chi connectivity index (χ4v) is 4.50. The van der Waals surface area contributed by atoms with Gasteiger partial charge >= 0.3 is 5.97 Å². The first-order chi connectivity index (χ1) is 15.0. The fraction of sp³-hybridized carbons (Fsp3) is 0.250. The van der Waals surface area contributed by atoms with Crippen molar-refractivity contribution < 1.29 is 23.8 Å². The van der Waals surface area contributed by atoms with Gasteiger partial charge in [-0.05, 0) is 60.5 Å². The molecule has 31 heavy (non-hydrogen) atoms. The van der Waals surface area contributed by atoms with Crippen molar-refractivity contribution in [3.8, 4) is 16.2 Å². The summed E-state index contributed by atoms with van der Waals surface area (Å²) in [5, 5.41) is 0.607. The number of methoxy groups -OCH3 is 2. The second kappa shape index (κ2) is 10.6. The van der Waals surface area contributed by atoms with E-state index in [1.165, 1.54) is 18.4 Å². The predicted octanol–water partition coefficient (Wildman–Crippen LogP) is 5.60. The molecule has 3 rings (SSSR count). The largest absolute Gasteiger partial charge is 0.497 e. The summed E-state index contributed by atoms with van der Waals surface area (Å²) in [6, 6.07) is 16.0. The minimum Gasteiger partial charge on any atom is -0.497 e. The van der Waals surface area contributed by atoms with Crippen LogP contribution in [0.4, 0.5) is 0 Å². The summed E-state index contributed by atoms with van der Waals surface area (Å²) in [4.78, 5) is 27.2. The van der Waals surface area contributed by atoms with E-state index < -0.39 is 5.92 Å². The summed E-state index contributed by atoms with van der Waals surface area (Å²) >= 11 is 7.38. The lowest BCUT2D eigenvalue weighted by Crippen LogP contribution is -2.20. The summed E-state index contributed by atoms with van der Waals surface area (Å²) in [7, 11) is 3.11. The van der Waals surface area contributed by atoms with Crippen LogP contribution in [0.25, 0.3) is 10.4 Å². The third-order valence-electron chi connectivity index (χ3n) is 4.72. The topological polar surface area (TPSA) is 61.8 Å². The van der Waals surface area contributed by atoms with Crippen LogP contribution in [0, 0.1) is 0 Å². The molecule has 0 aliphatic heterocycles. The molecule has 2 aromatic carbocycles. The number of ketones is 1. The molecule has 0 saturated heterocycles. The molecule has 0 aliphatic rings. The highest BCUT2D eigenvalue weighted by Gasteiger charge is 2.29. The number of carbonyl (C=O) groups excluding carboxylic acids is 2. The van der Waals surface area contributed by atoms with Gasteiger partial charge in [0.25, 0.3) is 0 Å². The number of halogens is 1. The van der Waals surface area contributed by atoms with Gasteiger partial charge in [0.1, 0.15) is 11.7 Å². The van der Waals surface area contributed by atoms with E-state index in [0.29, 0.717) is 26.8 Å². The van der Waals surface area contributed by atoms with Gasteiger partial charge in [-0.25, -0.2) is 0 Å². The van der Waals surface area contributed by atoms with E-state index in [0.717, 1.165) is 10.4 Å². The molecule has 0 radical (unpaired) electrons. The highest BCUT2D eigenvalue weighted by Crippen LogP contribution is 2.39. The van der Waals surface area contributed by atoms with Crippen molar-refractivity contribution in [3.63, 3.8) is 0 Å². The second-order valence-electron chi connectivity index (χ2n) is 6.72. The third-order valence-corrected chi connectivity index (χ3v) is 6.17. The monoisotopic (exact) mass is 458 g/mol. The van der Waals surface area contributed by atoms with Crippen molar-refractivity contribution in [2.24, 2.45) is 0 Å². The van der Waals surface area contributed by atoms with Gasteiger partial charge in [-0.2, -0.15) is 0 Å². The minimum atomic E-state index is -0.649. The normalized spacial score (nSPS) is 11.7. The first kappa shape index (κ1) is 23.0. The number of thiophene rings is 1. The van der Waals surface area contributed by atoms with Gasteiger partial charge in [-0.3, -0.25) is 9.59 Å². The minimum absolute atomic E-state index is 0.130. The zero-order valence-electron chi connectivity index (χ0n) is 17.5. The summed E-state index contributed by atoms with van der Waals surface area (Å²) in [5.74, 6) is -0.494. The molecule has 7 heteroatoms. The Bertz CT molecular complexity index is 1040. The van der Waals surface area contributed by atoms with Crippen LogP contribution in [0.15, 0.2) is 54.6 Å². The molecular weight excluding hydrogens is 436 g/mol. The lowest BCUT2D eigenvalue weighted by molar-refractivity contribution is -0.146. The number of carbonyl (C=O) groups is 2. The van der Waals surface area contributed by atoms with Crippen molar-refractivity contribution in [2.75, 3.05) is 27.4 Å². The Kier molecular flexibility index (Phi) is 7.85. The Hall–Kier alpha value is -2.67. The van der Waals surface area contributed by atoms with Crippen molar-refractivity contribution >= 4 is 34.7 Å². The van der Waals surface area contributed by atoms with Gasteiger partial charge in [0.05, 0.1) is 25.2 Å². The van der Waals surface area contributed by atoms with E-state index in [2.05, 4.69) is 0 Å². The molecule has 1 heterocycles. The van der Waals surface area contributed by atoms with Crippen molar-refractivity contribution in [3.05, 3.63) is 75.6 Å². The van der Waals surface area contributed by atoms with Crippen LogP contribution in [-0.2, 0) is 14.3 Å². The standard InChI is InChI=1S/C24H23ClO5S/c1-4-30-24(27)20(14-28-2)19-13-21(22(26)15-7-11-18(29-3)12-8-15)31-23(19)16-5-9-17(25)10-6-16/h5-13,20H,4,14H2,1-3H3. The third kappa shape index (κ3) is 5.34. The van der Waals surface area contributed by atoms with E-state index in [-0.39, 0.29) is 25.0 Å². The molecule has 0 fully saturated rings. The van der Waals surface area contributed by atoms with E-state index >= 15 is 0 Å². The number of rotatable bonds is 9. The van der Waals surface area contributed by atoms with Gasteiger partial charge < -0.3 is 14.2 Å². The molecule has 0 spiro atoms. The maximum Gasteiger partial charge on any atom is 0.315 e. The molecule has 5 nitrogen and oxygen atoms in total. The van der Waals surface area contributed by atoms with Crippen LogP contribution in [0.2, 0.25) is 5.02 Å². The number of hydrogen-bond donors (Lipinski definition) is 0. The maximum atomic E-state index is 13.2. The van der Waals surface area contributed by atoms with Gasteiger partial charge in [0, 0.05) is 22.6 Å². The van der Waals surface area contributed by atoms with Crippen molar-refractivity contribution in [1.82, 2.24) is 0 Å². The van der Waals surface area contributed by atoms with Crippen molar-refractivity contribution in [1.29, 1.82) is 0 Å². The molecule has 0 bridgehead atoms. The molecule has 1 atom stereocenters. The van der Waals surface area contributed by atoms with Crippen LogP contribution in [0.5, 0.6) is 5.75 Å². The van der Waals surface area contributed by atoms with E-state index in [1.807, 2.05) is 12.1 Å². The van der Waals surface area contributed by atoms with E-state index in [1.54, 1.807) is 56.5 Å². The van der Waals surface area contributed by atoms with Gasteiger partial charge in [-0.15, -0.1) is 11.3 Å². The lowest BCUT2D eigenvalue weighted by atomic mass is 9.96. The van der Waals surface area contributed by atoms with E-state index in [4.69, 9.17) is 25.8 Å². The highest BCUT2D eigenvalue weighted by atomic mass is 35.5. The van der Waals surface area contributed by atoms with Gasteiger partial charge in [-0.1, -0.05) is 23.7 Å². The Labute approximate surface area is 190 Å². The Morgan fingerprint density at radius 2 is 1.71 bits per heavy atom. The average Bonchev–Trinajstić information content (AvgIpc) is 3.22. The number of esters is 1. The fourth-order valence-electron chi connectivity index (χ4n) is 3.18. The molecule has 1 aromatic heterocycles. The van der Waals surface area contributed by atoms with Crippen LogP contribution in [0.1, 0.15) is 33.6 Å². The molecular formula is C24H23ClO5S. The summed E-state index contributed by atoms with van der Waals surface area (Å²) < 4.78 is 15.7. The highest BCUT2D eigenvalue weighted by molar-refractivity contribution is 7.17. The number of hydrogen-bond acceptors (Lipinski definition) is 6. The maximum absolute atomic E-state index is 13.2. The predicted molar refractivity (Wildman–Crippen MR) is 122 cm³/mol. The molecule has 0 N–H and O–H groups in total. The average molecular weight is 459 g/mol. The lowest BCUT2D eigenvalue weighted by Gasteiger charge is -2.15. The van der Waals surface area contributed by atoms with Crippen molar-refractivity contribution in [2.45, 2.75) is 12.8 Å². The number of ether oxygens (including phenoxy) is 3. The quantitative estimate of drug-likeness (QED) is 0.308. The SMILES string of the molecule is CCOC(=O)C(COC)c1cc(C(=O)c2ccc(OC)cc2)sc1-c1ccc(Cl)cc1. The molecule has 162 valence electrons. The second-order valence-corrected chi connectivity index (χ2v) is 8.21. The summed E-state index contributed by atoms with van der Waals surface area (Å²) in [6.07, 6.45) is 0. The summed E-state index contributed by atoms with van der Waals surface area (Å²) in [6.45, 7) is 2.16. The van der Waals surface area contributed by atoms with Crippen LogP contribution >= 0.6 is 22.9 Å². The first-order valence-electron chi connectivity index (χ1n) is 9.72. The summed E-state index contributed by atoms with van der Waals surface area (Å²) in [5.41, 5.74) is 2.10. The van der Waals surface area contributed by atoms with Gasteiger partial charge in [0.2, 0.25) is 5.78 Å². The molecule has 1 unspecified atom stereocenters. The van der Waals surface area contributed by atoms with E-state index in [9.17, 15) is 9.59 Å². The number of benzene rings is 2. The van der Waals surface area contributed by atoms with Gasteiger partial charge in [0.15, 0.2) is 0 Å². The molecule has 0 aliphatic carbocycles. The molecule has 0 saturated carbocycles. The smallest absolute Gasteiger partial charge is 0.315 e. The molecule has 3 aromatic rings. The van der Waals surface area contributed by atoms with Crippen LogP contribution in [0.3, 0.4) is 0 Å².